The number of rotatable bonds is 8. The summed E-state index contributed by atoms with van der Waals surface area (Å²) in [5, 5.41) is 3.28. The van der Waals surface area contributed by atoms with Crippen LogP contribution < -0.4 is 11.1 Å². The van der Waals surface area contributed by atoms with Crippen LogP contribution in [0.15, 0.2) is 37.1 Å². The van der Waals surface area contributed by atoms with Gasteiger partial charge in [-0.15, -0.1) is 0 Å². The monoisotopic (exact) mass is 234 g/mol. The Balaban J connectivity index is 2.23. The Morgan fingerprint density at radius 1 is 1.41 bits per heavy atom. The number of nitrogens with two attached hydrogens (primary N) is 1. The van der Waals surface area contributed by atoms with Gasteiger partial charge in [-0.05, 0) is 30.7 Å². The molecule has 0 saturated heterocycles. The Bertz CT molecular complexity index is 360. The van der Waals surface area contributed by atoms with Gasteiger partial charge in [0.1, 0.15) is 0 Å². The van der Waals surface area contributed by atoms with E-state index in [1.165, 1.54) is 6.26 Å². The van der Waals surface area contributed by atoms with Crippen LogP contribution >= 0.6 is 0 Å². The molecule has 1 aromatic rings. The molecular formula is C13H18N2O2. The van der Waals surface area contributed by atoms with Gasteiger partial charge in [0.25, 0.3) is 0 Å². The highest BCUT2D eigenvalue weighted by Gasteiger charge is 1.99. The van der Waals surface area contributed by atoms with Gasteiger partial charge in [-0.1, -0.05) is 18.7 Å². The fraction of sp³-hybridized carbons (Fsp3) is 0.308. The number of hydrogen-bond acceptors (Lipinski definition) is 3. The summed E-state index contributed by atoms with van der Waals surface area (Å²) in [4.78, 5) is 10.9. The molecule has 0 unspecified atom stereocenters. The van der Waals surface area contributed by atoms with Crippen LogP contribution in [0.2, 0.25) is 0 Å². The molecule has 0 spiro atoms. The maximum absolute atomic E-state index is 10.9. The van der Waals surface area contributed by atoms with E-state index < -0.39 is 5.91 Å². The molecule has 0 bridgehead atoms. The second-order valence-corrected chi connectivity index (χ2v) is 3.63. The minimum atomic E-state index is -0.397. The van der Waals surface area contributed by atoms with E-state index in [9.17, 15) is 4.79 Å². The standard InChI is InChI=1S/C13H18N2O2/c1-2-17-9-3-8-15-10-11-4-6-12(7-5-11)13(14)16/h2,4-7,15H,1,3,8-10H2,(H2,14,16). The molecule has 1 amide bonds. The molecule has 92 valence electrons. The topological polar surface area (TPSA) is 64.3 Å². The number of primary amides is 1. The SMILES string of the molecule is C=COCCCNCc1ccc(C(N)=O)cc1. The third kappa shape index (κ3) is 5.17. The molecule has 0 atom stereocenters. The van der Waals surface area contributed by atoms with E-state index in [1.54, 1.807) is 12.1 Å². The Morgan fingerprint density at radius 3 is 2.71 bits per heavy atom. The van der Waals surface area contributed by atoms with Gasteiger partial charge in [0.05, 0.1) is 12.9 Å². The van der Waals surface area contributed by atoms with Crippen LogP contribution in [0.4, 0.5) is 0 Å². The van der Waals surface area contributed by atoms with Gasteiger partial charge in [-0.2, -0.15) is 0 Å². The number of carbonyl (C=O) groups is 1. The van der Waals surface area contributed by atoms with Gasteiger partial charge in [0.2, 0.25) is 5.91 Å². The lowest BCUT2D eigenvalue weighted by Gasteiger charge is -2.05. The molecule has 0 aromatic heterocycles. The van der Waals surface area contributed by atoms with Crippen LogP contribution in [0.5, 0.6) is 0 Å². The molecule has 1 aromatic carbocycles. The largest absolute Gasteiger partial charge is 0.502 e. The van der Waals surface area contributed by atoms with Gasteiger partial charge in [0.15, 0.2) is 0 Å². The zero-order valence-corrected chi connectivity index (χ0v) is 9.82. The summed E-state index contributed by atoms with van der Waals surface area (Å²) in [6, 6.07) is 7.26. The Kier molecular flexibility index (Phi) is 5.82. The summed E-state index contributed by atoms with van der Waals surface area (Å²) in [5.74, 6) is -0.397. The van der Waals surface area contributed by atoms with Gasteiger partial charge < -0.3 is 15.8 Å². The van der Waals surface area contributed by atoms with Crippen LogP contribution in [-0.2, 0) is 11.3 Å². The van der Waals surface area contributed by atoms with E-state index in [0.29, 0.717) is 12.2 Å². The number of hydrogen-bond donors (Lipinski definition) is 2. The molecule has 3 N–H and O–H groups in total. The van der Waals surface area contributed by atoms with Crippen LogP contribution in [0, 0.1) is 0 Å². The van der Waals surface area contributed by atoms with E-state index in [4.69, 9.17) is 10.5 Å². The second kappa shape index (κ2) is 7.46. The van der Waals surface area contributed by atoms with Crippen molar-refractivity contribution in [3.05, 3.63) is 48.2 Å². The zero-order valence-electron chi connectivity index (χ0n) is 9.82. The van der Waals surface area contributed by atoms with Gasteiger partial charge in [0, 0.05) is 12.1 Å². The highest BCUT2D eigenvalue weighted by atomic mass is 16.5. The van der Waals surface area contributed by atoms with Crippen molar-refractivity contribution >= 4 is 5.91 Å². The quantitative estimate of drug-likeness (QED) is 0.528. The molecule has 0 radical (unpaired) electrons. The third-order valence-corrected chi connectivity index (χ3v) is 2.30. The summed E-state index contributed by atoms with van der Waals surface area (Å²) in [5.41, 5.74) is 6.82. The van der Waals surface area contributed by atoms with Crippen LogP contribution in [0.1, 0.15) is 22.3 Å². The van der Waals surface area contributed by atoms with E-state index in [1.807, 2.05) is 12.1 Å². The van der Waals surface area contributed by atoms with Crippen LogP contribution in [0.25, 0.3) is 0 Å². The molecule has 0 aliphatic carbocycles. The smallest absolute Gasteiger partial charge is 0.248 e. The van der Waals surface area contributed by atoms with Crippen molar-refractivity contribution in [1.29, 1.82) is 0 Å². The van der Waals surface area contributed by atoms with Crippen molar-refractivity contribution < 1.29 is 9.53 Å². The molecule has 0 aliphatic heterocycles. The van der Waals surface area contributed by atoms with Crippen molar-refractivity contribution in [3.63, 3.8) is 0 Å². The van der Waals surface area contributed by atoms with E-state index >= 15 is 0 Å². The molecule has 0 heterocycles. The number of ether oxygens (including phenoxy) is 1. The van der Waals surface area contributed by atoms with Gasteiger partial charge in [-0.25, -0.2) is 0 Å². The molecular weight excluding hydrogens is 216 g/mol. The van der Waals surface area contributed by atoms with E-state index in [2.05, 4.69) is 11.9 Å². The second-order valence-electron chi connectivity index (χ2n) is 3.63. The highest BCUT2D eigenvalue weighted by molar-refractivity contribution is 5.92. The minimum absolute atomic E-state index is 0.397. The first-order chi connectivity index (χ1) is 8.24. The first-order valence-corrected chi connectivity index (χ1v) is 5.56. The van der Waals surface area contributed by atoms with E-state index in [0.717, 1.165) is 25.1 Å². The summed E-state index contributed by atoms with van der Waals surface area (Å²) in [6.45, 7) is 5.80. The summed E-state index contributed by atoms with van der Waals surface area (Å²) in [7, 11) is 0. The maximum Gasteiger partial charge on any atom is 0.248 e. The molecule has 0 saturated carbocycles. The van der Waals surface area contributed by atoms with Gasteiger partial charge in [-0.3, -0.25) is 4.79 Å². The van der Waals surface area contributed by atoms with Crippen molar-refractivity contribution in [1.82, 2.24) is 5.32 Å². The van der Waals surface area contributed by atoms with Crippen molar-refractivity contribution in [2.45, 2.75) is 13.0 Å². The summed E-state index contributed by atoms with van der Waals surface area (Å²) < 4.78 is 5.00. The highest BCUT2D eigenvalue weighted by Crippen LogP contribution is 2.03. The number of benzene rings is 1. The lowest BCUT2D eigenvalue weighted by molar-refractivity contribution is 0.100. The fourth-order valence-corrected chi connectivity index (χ4v) is 1.38. The minimum Gasteiger partial charge on any atom is -0.502 e. The average molecular weight is 234 g/mol. The number of amides is 1. The predicted octanol–water partition coefficient (Wildman–Crippen LogP) is 1.43. The third-order valence-electron chi connectivity index (χ3n) is 2.30. The first-order valence-electron chi connectivity index (χ1n) is 5.56. The Morgan fingerprint density at radius 2 is 2.12 bits per heavy atom. The Hall–Kier alpha value is -1.81. The number of nitrogens with one attached hydrogen (secondary N) is 1. The average Bonchev–Trinajstić information content (AvgIpc) is 2.34. The summed E-state index contributed by atoms with van der Waals surface area (Å²) in [6.07, 6.45) is 2.38. The molecule has 17 heavy (non-hydrogen) atoms. The van der Waals surface area contributed by atoms with E-state index in [-0.39, 0.29) is 0 Å². The predicted molar refractivity (Wildman–Crippen MR) is 67.4 cm³/mol. The van der Waals surface area contributed by atoms with Crippen LogP contribution in [0.3, 0.4) is 0 Å². The fourth-order valence-electron chi connectivity index (χ4n) is 1.38. The normalized spacial score (nSPS) is 9.88. The zero-order chi connectivity index (χ0) is 12.5. The van der Waals surface area contributed by atoms with Gasteiger partial charge >= 0.3 is 0 Å². The maximum atomic E-state index is 10.9. The van der Waals surface area contributed by atoms with Crippen molar-refractivity contribution in [3.8, 4) is 0 Å². The van der Waals surface area contributed by atoms with Crippen LogP contribution in [-0.4, -0.2) is 19.1 Å². The number of carbonyl (C=O) groups excluding carboxylic acids is 1. The molecule has 0 fully saturated rings. The Labute approximate surface area is 101 Å². The lowest BCUT2D eigenvalue weighted by Crippen LogP contribution is -2.16. The van der Waals surface area contributed by atoms with Crippen molar-refractivity contribution in [2.24, 2.45) is 5.73 Å². The summed E-state index contributed by atoms with van der Waals surface area (Å²) >= 11 is 0. The molecule has 0 aliphatic rings. The molecule has 1 rings (SSSR count). The first kappa shape index (κ1) is 13.3. The van der Waals surface area contributed by atoms with Crippen molar-refractivity contribution in [2.75, 3.05) is 13.2 Å². The lowest BCUT2D eigenvalue weighted by atomic mass is 10.1. The molecule has 4 nitrogen and oxygen atoms in total. The molecule has 4 heteroatoms.